The summed E-state index contributed by atoms with van der Waals surface area (Å²) in [7, 11) is 1.94. The molecule has 38 heavy (non-hydrogen) atoms. The fourth-order valence-corrected chi connectivity index (χ4v) is 5.71. The summed E-state index contributed by atoms with van der Waals surface area (Å²) >= 11 is 5.40. The lowest BCUT2D eigenvalue weighted by Crippen LogP contribution is -2.55. The molecule has 1 saturated heterocycles. The van der Waals surface area contributed by atoms with Gasteiger partial charge in [0.15, 0.2) is 10.6 Å². The number of hydrogen-bond donors (Lipinski definition) is 2. The second-order valence-electron chi connectivity index (χ2n) is 9.40. The summed E-state index contributed by atoms with van der Waals surface area (Å²) in [5.41, 5.74) is 5.86. The Morgan fingerprint density at radius 3 is 2.32 bits per heavy atom. The largest absolute Gasteiger partial charge is 0.494 e. The molecule has 2 aliphatic heterocycles. The van der Waals surface area contributed by atoms with Crippen molar-refractivity contribution in [3.05, 3.63) is 50.4 Å². The Bertz CT molecular complexity index is 1420. The van der Waals surface area contributed by atoms with Crippen molar-refractivity contribution in [2.45, 2.75) is 46.8 Å². The van der Waals surface area contributed by atoms with Crippen molar-refractivity contribution in [2.24, 2.45) is 0 Å². The van der Waals surface area contributed by atoms with Gasteiger partial charge in [0.1, 0.15) is 11.6 Å². The van der Waals surface area contributed by atoms with Crippen LogP contribution in [0.25, 0.3) is 6.08 Å². The molecule has 0 aliphatic carbocycles. The molecule has 2 N–H and O–H groups in total. The number of fused-ring (bicyclic) bond motifs is 1. The highest BCUT2D eigenvalue weighted by atomic mass is 32.1. The molecule has 2 aromatic rings. The van der Waals surface area contributed by atoms with Gasteiger partial charge in [0.25, 0.3) is 5.56 Å². The standard InChI is InChI=1S/C27H36N6O4S/c1-6-29-20-12-10-18(33-15-14-28(5)17-22(33)26(36)37)16-21(20)30(7-2)23(29)13-11-19-24(34)31(8-3)27(38)32(9-4)25(19)35/h10-12,16,22,34H,6-9,14-15,17H2,1-5H3,(H,36,37). The minimum Gasteiger partial charge on any atom is -0.494 e. The number of hydrogen-bond acceptors (Lipinski definition) is 8. The third-order valence-electron chi connectivity index (χ3n) is 7.30. The van der Waals surface area contributed by atoms with Crippen LogP contribution in [0, 0.1) is 4.77 Å². The Morgan fingerprint density at radius 1 is 1.05 bits per heavy atom. The van der Waals surface area contributed by atoms with Crippen LogP contribution in [0.3, 0.4) is 0 Å². The predicted molar refractivity (Wildman–Crippen MR) is 153 cm³/mol. The minimum atomic E-state index is -0.838. The molecule has 11 heteroatoms. The zero-order valence-electron chi connectivity index (χ0n) is 22.6. The van der Waals surface area contributed by atoms with Crippen LogP contribution in [-0.4, -0.2) is 76.0 Å². The number of rotatable bonds is 7. The molecule has 10 nitrogen and oxygen atoms in total. The van der Waals surface area contributed by atoms with Crippen molar-refractivity contribution in [3.8, 4) is 5.88 Å². The van der Waals surface area contributed by atoms with Crippen molar-refractivity contribution in [1.82, 2.24) is 14.0 Å². The number of nitrogens with zero attached hydrogens (tertiary/aromatic N) is 6. The van der Waals surface area contributed by atoms with E-state index in [2.05, 4.69) is 15.5 Å². The third-order valence-corrected chi connectivity index (χ3v) is 7.74. The first-order valence-corrected chi connectivity index (χ1v) is 13.5. The highest BCUT2D eigenvalue weighted by Crippen LogP contribution is 2.43. The van der Waals surface area contributed by atoms with Gasteiger partial charge in [-0.2, -0.15) is 0 Å². The maximum Gasteiger partial charge on any atom is 0.327 e. The van der Waals surface area contributed by atoms with Gasteiger partial charge in [-0.3, -0.25) is 13.9 Å². The van der Waals surface area contributed by atoms with Crippen LogP contribution in [0.1, 0.15) is 33.3 Å². The molecule has 0 saturated carbocycles. The Morgan fingerprint density at radius 2 is 1.71 bits per heavy atom. The summed E-state index contributed by atoms with van der Waals surface area (Å²) < 4.78 is 3.30. The second-order valence-corrected chi connectivity index (χ2v) is 9.76. The zero-order valence-corrected chi connectivity index (χ0v) is 23.5. The van der Waals surface area contributed by atoms with E-state index < -0.39 is 12.0 Å². The van der Waals surface area contributed by atoms with Gasteiger partial charge in [-0.1, -0.05) is 5.73 Å². The van der Waals surface area contributed by atoms with Crippen LogP contribution in [0.5, 0.6) is 5.88 Å². The number of likely N-dealkylation sites (N-methyl/N-ethyl adjacent to an activating group) is 1. The van der Waals surface area contributed by atoms with Gasteiger partial charge in [-0.15, -0.1) is 0 Å². The molecule has 1 unspecified atom stereocenters. The topological polar surface area (TPSA) is 97.4 Å². The van der Waals surface area contributed by atoms with Gasteiger partial charge in [-0.05, 0) is 65.2 Å². The first-order valence-electron chi connectivity index (χ1n) is 13.1. The summed E-state index contributed by atoms with van der Waals surface area (Å²) in [5.74, 6) is -0.253. The monoisotopic (exact) mass is 540 g/mol. The number of carboxylic acid groups (broad SMARTS) is 1. The fraction of sp³-hybridized carbons (Fsp3) is 0.481. The fourth-order valence-electron chi connectivity index (χ4n) is 5.28. The Hall–Kier alpha value is -3.53. The maximum atomic E-state index is 13.1. The molecule has 2 aliphatic rings. The normalized spacial score (nSPS) is 17.6. The molecule has 1 atom stereocenters. The van der Waals surface area contributed by atoms with Gasteiger partial charge < -0.3 is 29.8 Å². The number of piperazine rings is 1. The number of carboxylic acids is 1. The van der Waals surface area contributed by atoms with Crippen molar-refractivity contribution < 1.29 is 15.0 Å². The van der Waals surface area contributed by atoms with E-state index >= 15 is 0 Å². The highest BCUT2D eigenvalue weighted by molar-refractivity contribution is 7.71. The molecule has 0 amide bonds. The van der Waals surface area contributed by atoms with Gasteiger partial charge in [0, 0.05) is 57.6 Å². The number of aliphatic carboxylic acids is 1. The molecule has 0 spiro atoms. The van der Waals surface area contributed by atoms with Crippen molar-refractivity contribution in [3.63, 3.8) is 0 Å². The van der Waals surface area contributed by atoms with Gasteiger partial charge in [-0.25, -0.2) is 4.79 Å². The number of aromatic hydroxyl groups is 1. The minimum absolute atomic E-state index is 0.139. The van der Waals surface area contributed by atoms with Crippen molar-refractivity contribution >= 4 is 41.3 Å². The lowest BCUT2D eigenvalue weighted by Gasteiger charge is -2.39. The molecule has 1 fully saturated rings. The van der Waals surface area contributed by atoms with Crippen molar-refractivity contribution in [2.75, 3.05) is 54.5 Å². The summed E-state index contributed by atoms with van der Waals surface area (Å²) in [5, 5.41) is 20.7. The number of benzene rings is 1. The molecule has 204 valence electrons. The Balaban J connectivity index is 1.82. The van der Waals surface area contributed by atoms with Crippen LogP contribution in [-0.2, 0) is 17.9 Å². The molecule has 1 aromatic carbocycles. The molecule has 0 bridgehead atoms. The number of aromatic nitrogens is 2. The van der Waals surface area contributed by atoms with Crippen LogP contribution >= 0.6 is 12.2 Å². The third kappa shape index (κ3) is 4.62. The number of carbonyl (C=O) groups is 1. The lowest BCUT2D eigenvalue weighted by molar-refractivity contribution is -0.139. The summed E-state index contributed by atoms with van der Waals surface area (Å²) in [6.07, 6.45) is 1.54. The second kappa shape index (κ2) is 11.1. The average Bonchev–Trinajstić information content (AvgIpc) is 3.20. The number of anilines is 3. The molecule has 1 aromatic heterocycles. The lowest BCUT2D eigenvalue weighted by atomic mass is 10.1. The Kier molecular flexibility index (Phi) is 8.01. The van der Waals surface area contributed by atoms with Crippen LogP contribution in [0.4, 0.5) is 17.1 Å². The quantitative estimate of drug-likeness (QED) is 0.405. The van der Waals surface area contributed by atoms with Crippen LogP contribution in [0.2, 0.25) is 0 Å². The first-order chi connectivity index (χ1) is 18.2. The van der Waals surface area contributed by atoms with Crippen LogP contribution < -0.4 is 20.3 Å². The Labute approximate surface area is 227 Å². The van der Waals surface area contributed by atoms with E-state index in [1.54, 1.807) is 6.08 Å². The SMILES string of the molecule is CCN1C(=C=Cc2c(O)n(CC)c(=S)n(CC)c2=O)N(CC)c2cc(N3CCN(C)CC3C(=O)O)ccc21. The van der Waals surface area contributed by atoms with E-state index in [0.717, 1.165) is 29.4 Å². The van der Waals surface area contributed by atoms with Gasteiger partial charge in [0.2, 0.25) is 5.88 Å². The summed E-state index contributed by atoms with van der Waals surface area (Å²) in [4.78, 5) is 33.3. The van der Waals surface area contributed by atoms with Gasteiger partial charge >= 0.3 is 5.97 Å². The smallest absolute Gasteiger partial charge is 0.327 e. The summed E-state index contributed by atoms with van der Waals surface area (Å²) in [6, 6.07) is 5.40. The van der Waals surface area contributed by atoms with E-state index in [0.29, 0.717) is 39.3 Å². The first kappa shape index (κ1) is 27.5. The molecule has 0 radical (unpaired) electrons. The molecular weight excluding hydrogens is 504 g/mol. The summed E-state index contributed by atoms with van der Waals surface area (Å²) in [6.45, 7) is 11.8. The predicted octanol–water partition coefficient (Wildman–Crippen LogP) is 3.15. The van der Waals surface area contributed by atoms with Crippen LogP contribution in [0.15, 0.2) is 34.5 Å². The molecular formula is C27H36N6O4S. The van der Waals surface area contributed by atoms with Crippen molar-refractivity contribution in [1.29, 1.82) is 0 Å². The molecule has 3 heterocycles. The van der Waals surface area contributed by atoms with E-state index in [4.69, 9.17) is 12.2 Å². The highest BCUT2D eigenvalue weighted by Gasteiger charge is 2.34. The zero-order chi connectivity index (χ0) is 27.7. The maximum absolute atomic E-state index is 13.1. The van der Waals surface area contributed by atoms with Gasteiger partial charge in [0.05, 0.1) is 11.4 Å². The average molecular weight is 541 g/mol. The van der Waals surface area contributed by atoms with E-state index in [1.165, 1.54) is 9.13 Å². The van der Waals surface area contributed by atoms with E-state index in [9.17, 15) is 19.8 Å². The molecule has 4 rings (SSSR count). The van der Waals surface area contributed by atoms with E-state index in [1.807, 2.05) is 62.7 Å². The van der Waals surface area contributed by atoms with E-state index in [-0.39, 0.29) is 21.8 Å².